The maximum Gasteiger partial charge on any atom is 0.192 e. The van der Waals surface area contributed by atoms with Crippen molar-refractivity contribution in [1.82, 2.24) is 24.8 Å². The monoisotopic (exact) mass is 386 g/mol. The highest BCUT2D eigenvalue weighted by molar-refractivity contribution is 7.15. The van der Waals surface area contributed by atoms with Crippen LogP contribution < -0.4 is 5.73 Å². The van der Waals surface area contributed by atoms with Gasteiger partial charge in [0.1, 0.15) is 17.2 Å². The summed E-state index contributed by atoms with van der Waals surface area (Å²) in [6, 6.07) is 5.08. The van der Waals surface area contributed by atoms with Crippen LogP contribution in [0, 0.1) is 11.6 Å². The van der Waals surface area contributed by atoms with Gasteiger partial charge in [-0.3, -0.25) is 0 Å². The number of aromatic amines is 1. The van der Waals surface area contributed by atoms with Gasteiger partial charge in [0, 0.05) is 28.6 Å². The van der Waals surface area contributed by atoms with E-state index in [-0.39, 0.29) is 17.3 Å². The highest BCUT2D eigenvalue weighted by Crippen LogP contribution is 2.34. The van der Waals surface area contributed by atoms with Crippen molar-refractivity contribution in [1.29, 1.82) is 0 Å². The van der Waals surface area contributed by atoms with Crippen LogP contribution >= 0.6 is 11.3 Å². The molecule has 27 heavy (non-hydrogen) atoms. The number of thiophene rings is 1. The Morgan fingerprint density at radius 1 is 1.22 bits per heavy atom. The molecule has 0 radical (unpaired) electrons. The van der Waals surface area contributed by atoms with E-state index in [0.717, 1.165) is 17.6 Å². The number of anilines is 1. The van der Waals surface area contributed by atoms with Crippen molar-refractivity contribution in [2.75, 3.05) is 19.8 Å². The van der Waals surface area contributed by atoms with Crippen LogP contribution in [0.5, 0.6) is 0 Å². The van der Waals surface area contributed by atoms with Crippen LogP contribution in [0.4, 0.5) is 14.6 Å². The molecule has 4 aromatic heterocycles. The Balaban J connectivity index is 1.84. The Bertz CT molecular complexity index is 1130. The van der Waals surface area contributed by atoms with Gasteiger partial charge in [-0.2, -0.15) is 0 Å². The zero-order valence-corrected chi connectivity index (χ0v) is 15.4. The standard InChI is InChI=1S/C18H16F2N6S/c1-26(2)8-10-3-4-13(27-10)15-14(20)16(21)25-18(24-15)12-7-23-17-11(12)5-9(19)6-22-17/h3-7H,8H2,1-2H3,(H,22,23)(H2,21,24,25). The molecule has 0 aliphatic carbocycles. The van der Waals surface area contributed by atoms with Gasteiger partial charge in [0.2, 0.25) is 0 Å². The molecule has 0 atom stereocenters. The van der Waals surface area contributed by atoms with Crippen molar-refractivity contribution < 1.29 is 8.78 Å². The maximum atomic E-state index is 14.6. The molecule has 0 saturated carbocycles. The van der Waals surface area contributed by atoms with E-state index in [1.807, 2.05) is 31.1 Å². The van der Waals surface area contributed by atoms with Crippen LogP contribution in [0.3, 0.4) is 0 Å². The summed E-state index contributed by atoms with van der Waals surface area (Å²) >= 11 is 1.44. The first-order valence-electron chi connectivity index (χ1n) is 8.12. The number of nitrogens with two attached hydrogens (primary N) is 1. The van der Waals surface area contributed by atoms with Crippen molar-refractivity contribution in [2.24, 2.45) is 0 Å². The van der Waals surface area contributed by atoms with E-state index in [1.54, 1.807) is 6.20 Å². The van der Waals surface area contributed by atoms with Crippen molar-refractivity contribution in [3.8, 4) is 22.0 Å². The zero-order chi connectivity index (χ0) is 19.1. The first-order valence-corrected chi connectivity index (χ1v) is 8.94. The van der Waals surface area contributed by atoms with Crippen LogP contribution in [0.1, 0.15) is 4.88 Å². The predicted molar refractivity (Wildman–Crippen MR) is 102 cm³/mol. The lowest BCUT2D eigenvalue weighted by molar-refractivity contribution is 0.406. The minimum Gasteiger partial charge on any atom is -0.381 e. The number of hydrogen-bond acceptors (Lipinski definition) is 6. The molecule has 0 aromatic carbocycles. The lowest BCUT2D eigenvalue weighted by Crippen LogP contribution is -2.09. The molecule has 0 fully saturated rings. The van der Waals surface area contributed by atoms with Crippen molar-refractivity contribution in [2.45, 2.75) is 6.54 Å². The molecule has 4 heterocycles. The normalized spacial score (nSPS) is 11.6. The number of nitrogens with one attached hydrogen (secondary N) is 1. The summed E-state index contributed by atoms with van der Waals surface area (Å²) in [5, 5.41) is 0.506. The fourth-order valence-electron chi connectivity index (χ4n) is 2.81. The molecule has 4 rings (SSSR count). The molecule has 0 spiro atoms. The van der Waals surface area contributed by atoms with Gasteiger partial charge in [0.15, 0.2) is 17.5 Å². The van der Waals surface area contributed by atoms with Gasteiger partial charge < -0.3 is 15.6 Å². The van der Waals surface area contributed by atoms with Crippen molar-refractivity contribution in [3.05, 3.63) is 47.1 Å². The fourth-order valence-corrected chi connectivity index (χ4v) is 3.92. The second-order valence-corrected chi connectivity index (χ2v) is 7.52. The van der Waals surface area contributed by atoms with Gasteiger partial charge in [-0.25, -0.2) is 23.7 Å². The van der Waals surface area contributed by atoms with Crippen molar-refractivity contribution >= 4 is 28.2 Å². The van der Waals surface area contributed by atoms with Crippen LogP contribution in [0.2, 0.25) is 0 Å². The van der Waals surface area contributed by atoms with E-state index in [4.69, 9.17) is 5.73 Å². The van der Waals surface area contributed by atoms with Gasteiger partial charge in [-0.15, -0.1) is 11.3 Å². The van der Waals surface area contributed by atoms with Gasteiger partial charge in [-0.05, 0) is 32.3 Å². The average molecular weight is 386 g/mol. The number of pyridine rings is 1. The summed E-state index contributed by atoms with van der Waals surface area (Å²) in [6.07, 6.45) is 2.73. The molecule has 138 valence electrons. The first kappa shape index (κ1) is 17.5. The number of nitrogen functional groups attached to an aromatic ring is 1. The van der Waals surface area contributed by atoms with Crippen LogP contribution in [0.25, 0.3) is 33.0 Å². The summed E-state index contributed by atoms with van der Waals surface area (Å²) in [5.41, 5.74) is 6.93. The molecular formula is C18H16F2N6S. The Kier molecular flexibility index (Phi) is 4.33. The minimum atomic E-state index is -0.666. The molecular weight excluding hydrogens is 370 g/mol. The van der Waals surface area contributed by atoms with Crippen LogP contribution in [-0.4, -0.2) is 38.9 Å². The molecule has 0 aliphatic rings. The lowest BCUT2D eigenvalue weighted by Gasteiger charge is -2.07. The van der Waals surface area contributed by atoms with E-state index in [2.05, 4.69) is 19.9 Å². The molecule has 0 bridgehead atoms. The Morgan fingerprint density at radius 2 is 2.04 bits per heavy atom. The van der Waals surface area contributed by atoms with Crippen molar-refractivity contribution in [3.63, 3.8) is 0 Å². The summed E-state index contributed by atoms with van der Waals surface area (Å²) in [7, 11) is 3.93. The number of nitrogens with zero attached hydrogens (tertiary/aromatic N) is 4. The molecule has 0 unspecified atom stereocenters. The molecule has 4 aromatic rings. The molecule has 0 saturated heterocycles. The number of rotatable bonds is 4. The molecule has 0 amide bonds. The second kappa shape index (κ2) is 6.67. The van der Waals surface area contributed by atoms with E-state index in [1.165, 1.54) is 17.4 Å². The van der Waals surface area contributed by atoms with Gasteiger partial charge in [0.25, 0.3) is 0 Å². The highest BCUT2D eigenvalue weighted by Gasteiger charge is 2.19. The van der Waals surface area contributed by atoms with E-state index in [9.17, 15) is 8.78 Å². The predicted octanol–water partition coefficient (Wildman–Crippen LogP) is 3.67. The van der Waals surface area contributed by atoms with Crippen LogP contribution in [0.15, 0.2) is 30.6 Å². The van der Waals surface area contributed by atoms with Crippen LogP contribution in [-0.2, 0) is 6.54 Å². The van der Waals surface area contributed by atoms with Gasteiger partial charge in [0.05, 0.1) is 11.1 Å². The quantitative estimate of drug-likeness (QED) is 0.559. The summed E-state index contributed by atoms with van der Waals surface area (Å²) < 4.78 is 28.2. The topological polar surface area (TPSA) is 83.7 Å². The number of fused-ring (bicyclic) bond motifs is 1. The molecule has 3 N–H and O–H groups in total. The number of aromatic nitrogens is 4. The summed E-state index contributed by atoms with van der Waals surface area (Å²) in [6.45, 7) is 0.743. The highest BCUT2D eigenvalue weighted by atomic mass is 32.1. The number of halogens is 2. The molecule has 0 aliphatic heterocycles. The summed E-state index contributed by atoms with van der Waals surface area (Å²) in [4.78, 5) is 19.1. The smallest absolute Gasteiger partial charge is 0.192 e. The minimum absolute atomic E-state index is 0.131. The largest absolute Gasteiger partial charge is 0.381 e. The maximum absolute atomic E-state index is 14.6. The fraction of sp³-hybridized carbons (Fsp3) is 0.167. The Labute approximate surface area is 157 Å². The third-order valence-corrected chi connectivity index (χ3v) is 5.06. The number of H-pyrrole nitrogens is 1. The van der Waals surface area contributed by atoms with E-state index in [0.29, 0.717) is 21.5 Å². The van der Waals surface area contributed by atoms with E-state index >= 15 is 0 Å². The third-order valence-electron chi connectivity index (χ3n) is 3.98. The number of hydrogen-bond donors (Lipinski definition) is 2. The summed E-state index contributed by atoms with van der Waals surface area (Å²) in [5.74, 6) is -1.19. The molecule has 9 heteroatoms. The van der Waals surface area contributed by atoms with Gasteiger partial charge in [-0.1, -0.05) is 0 Å². The zero-order valence-electron chi connectivity index (χ0n) is 14.6. The second-order valence-electron chi connectivity index (χ2n) is 6.35. The average Bonchev–Trinajstić information content (AvgIpc) is 3.23. The lowest BCUT2D eigenvalue weighted by atomic mass is 10.2. The Morgan fingerprint density at radius 3 is 2.81 bits per heavy atom. The Hall–Kier alpha value is -2.91. The molecule has 6 nitrogen and oxygen atoms in total. The van der Waals surface area contributed by atoms with Gasteiger partial charge >= 0.3 is 0 Å². The first-order chi connectivity index (χ1) is 12.9. The van der Waals surface area contributed by atoms with E-state index < -0.39 is 11.6 Å². The SMILES string of the molecule is CN(C)Cc1ccc(-c2nc(-c3c[nH]c4ncc(F)cc34)nc(N)c2F)s1. The third kappa shape index (κ3) is 3.26.